The normalized spacial score (nSPS) is 12.2. The van der Waals surface area contributed by atoms with Gasteiger partial charge in [-0.15, -0.1) is 0 Å². The molecular formula is C48H29N9. The molecule has 266 valence electrons. The maximum absolute atomic E-state index is 5.50. The van der Waals surface area contributed by atoms with Gasteiger partial charge in [-0.05, 0) is 72.8 Å². The van der Waals surface area contributed by atoms with Crippen LogP contribution in [-0.4, -0.2) is 42.4 Å². The van der Waals surface area contributed by atoms with Crippen molar-refractivity contribution >= 4 is 77.5 Å². The molecule has 7 aromatic carbocycles. The summed E-state index contributed by atoms with van der Waals surface area (Å²) in [7, 11) is 0. The van der Waals surface area contributed by atoms with Crippen molar-refractivity contribution in [3.63, 3.8) is 0 Å². The Hall–Kier alpha value is -8.04. The van der Waals surface area contributed by atoms with Gasteiger partial charge in [0.25, 0.3) is 0 Å². The molecule has 9 nitrogen and oxygen atoms in total. The van der Waals surface area contributed by atoms with E-state index in [0.29, 0.717) is 11.6 Å². The fourth-order valence-corrected chi connectivity index (χ4v) is 8.96. The van der Waals surface area contributed by atoms with E-state index in [-0.39, 0.29) is 0 Å². The summed E-state index contributed by atoms with van der Waals surface area (Å²) in [6, 6.07) is 61.1. The Labute approximate surface area is 323 Å². The first-order valence-corrected chi connectivity index (χ1v) is 19.0. The molecule has 6 aromatic heterocycles. The van der Waals surface area contributed by atoms with Crippen LogP contribution in [0.2, 0.25) is 0 Å². The zero-order valence-corrected chi connectivity index (χ0v) is 30.3. The average molecular weight is 732 g/mol. The first-order valence-electron chi connectivity index (χ1n) is 19.0. The number of benzene rings is 7. The standard InChI is InChI=1S/C48H29N9/c1-6-20-35-30(15-1)31-16-2-7-21-36(31)53(35)44-29-45(57-43-28-14-13-27-42(43)56-39-24-10-5-19-34(39)50-48(56)57)52-46(51-44)32-17-3-8-22-37(32)54-40-25-11-12-26-41(40)55-38-23-9-4-18-33(38)49-47(54)55/h1-29H. The van der Waals surface area contributed by atoms with Crippen LogP contribution in [0.4, 0.5) is 0 Å². The monoisotopic (exact) mass is 731 g/mol. The van der Waals surface area contributed by atoms with Crippen molar-refractivity contribution in [3.05, 3.63) is 176 Å². The Bertz CT molecular complexity index is 3730. The van der Waals surface area contributed by atoms with Crippen molar-refractivity contribution in [1.29, 1.82) is 0 Å². The van der Waals surface area contributed by atoms with Crippen molar-refractivity contribution < 1.29 is 0 Å². The largest absolute Gasteiger partial charge is 0.294 e. The lowest BCUT2D eigenvalue weighted by atomic mass is 10.1. The van der Waals surface area contributed by atoms with E-state index in [9.17, 15) is 0 Å². The molecule has 0 amide bonds. The number of imidazole rings is 4. The third kappa shape index (κ3) is 4.11. The second kappa shape index (κ2) is 11.2. The topological polar surface area (TPSA) is 75.2 Å². The first-order chi connectivity index (χ1) is 28.3. The number of hydrogen-bond donors (Lipinski definition) is 0. The second-order valence-corrected chi connectivity index (χ2v) is 14.4. The van der Waals surface area contributed by atoms with E-state index < -0.39 is 0 Å². The zero-order valence-electron chi connectivity index (χ0n) is 30.3. The Morgan fingerprint density at radius 3 is 1.33 bits per heavy atom. The van der Waals surface area contributed by atoms with E-state index in [0.717, 1.165) is 94.6 Å². The van der Waals surface area contributed by atoms with Crippen LogP contribution in [0.3, 0.4) is 0 Å². The minimum atomic E-state index is 0.582. The van der Waals surface area contributed by atoms with Crippen LogP contribution in [0.15, 0.2) is 176 Å². The fourth-order valence-electron chi connectivity index (χ4n) is 8.96. The molecule has 57 heavy (non-hydrogen) atoms. The molecule has 0 N–H and O–H groups in total. The van der Waals surface area contributed by atoms with E-state index in [4.69, 9.17) is 19.9 Å². The van der Waals surface area contributed by atoms with Gasteiger partial charge < -0.3 is 0 Å². The number of hydrogen-bond acceptors (Lipinski definition) is 4. The summed E-state index contributed by atoms with van der Waals surface area (Å²) < 4.78 is 11.1. The highest BCUT2D eigenvalue weighted by Gasteiger charge is 2.24. The molecule has 0 atom stereocenters. The van der Waals surface area contributed by atoms with Crippen molar-refractivity contribution in [2.45, 2.75) is 0 Å². The van der Waals surface area contributed by atoms with Crippen LogP contribution < -0.4 is 0 Å². The van der Waals surface area contributed by atoms with Crippen LogP contribution in [0, 0.1) is 0 Å². The van der Waals surface area contributed by atoms with E-state index in [1.807, 2.05) is 12.1 Å². The van der Waals surface area contributed by atoms with Gasteiger partial charge in [-0.25, -0.2) is 19.9 Å². The molecule has 0 aliphatic rings. The van der Waals surface area contributed by atoms with Crippen LogP contribution in [0.25, 0.3) is 106 Å². The molecule has 0 aliphatic heterocycles. The molecule has 0 radical (unpaired) electrons. The maximum atomic E-state index is 5.50. The number of para-hydroxylation sites is 11. The highest BCUT2D eigenvalue weighted by atomic mass is 15.3. The van der Waals surface area contributed by atoms with Gasteiger partial charge in [0.05, 0.1) is 60.9 Å². The minimum absolute atomic E-state index is 0.582. The number of nitrogens with zero attached hydrogens (tertiary/aromatic N) is 9. The van der Waals surface area contributed by atoms with Crippen molar-refractivity contribution in [2.24, 2.45) is 0 Å². The smallest absolute Gasteiger partial charge is 0.221 e. The highest BCUT2D eigenvalue weighted by Crippen LogP contribution is 2.37. The summed E-state index contributed by atoms with van der Waals surface area (Å²) in [6.07, 6.45) is 0. The SMILES string of the molecule is c1ccc(-n2c3ccccc3n3c4ccccc4nc23)c(-c2nc(-n3c4ccccc4c4ccccc43)cc(-n3c4ccccc4n4c5ccccc5nc34)n2)c1. The molecule has 0 aliphatic carbocycles. The second-order valence-electron chi connectivity index (χ2n) is 14.4. The molecule has 9 heteroatoms. The first kappa shape index (κ1) is 30.3. The number of fused-ring (bicyclic) bond motifs is 13. The van der Waals surface area contributed by atoms with Gasteiger partial charge in [-0.2, -0.15) is 0 Å². The Balaban J connectivity index is 1.16. The summed E-state index contributed by atoms with van der Waals surface area (Å²) in [5.74, 6) is 3.65. The van der Waals surface area contributed by atoms with E-state index in [2.05, 4.69) is 186 Å². The van der Waals surface area contributed by atoms with E-state index in [1.54, 1.807) is 0 Å². The van der Waals surface area contributed by atoms with E-state index >= 15 is 0 Å². The van der Waals surface area contributed by atoms with Gasteiger partial charge in [-0.1, -0.05) is 97.1 Å². The molecule has 0 bridgehead atoms. The molecule has 13 rings (SSSR count). The van der Waals surface area contributed by atoms with Crippen molar-refractivity contribution in [1.82, 2.24) is 42.4 Å². The lowest BCUT2D eigenvalue weighted by Gasteiger charge is -2.15. The molecule has 0 fully saturated rings. The van der Waals surface area contributed by atoms with Crippen LogP contribution in [-0.2, 0) is 0 Å². The Kier molecular flexibility index (Phi) is 5.98. The highest BCUT2D eigenvalue weighted by molar-refractivity contribution is 6.09. The molecule has 0 saturated carbocycles. The van der Waals surface area contributed by atoms with Gasteiger partial charge >= 0.3 is 0 Å². The van der Waals surface area contributed by atoms with Gasteiger partial charge in [0, 0.05) is 22.4 Å². The third-order valence-corrected chi connectivity index (χ3v) is 11.3. The summed E-state index contributed by atoms with van der Waals surface area (Å²) in [4.78, 5) is 21.4. The van der Waals surface area contributed by atoms with Gasteiger partial charge in [0.15, 0.2) is 5.82 Å². The average Bonchev–Trinajstić information content (AvgIpc) is 4.06. The fraction of sp³-hybridized carbons (Fsp3) is 0. The van der Waals surface area contributed by atoms with Gasteiger partial charge in [0.1, 0.15) is 11.6 Å². The van der Waals surface area contributed by atoms with Crippen LogP contribution in [0.5, 0.6) is 0 Å². The summed E-state index contributed by atoms with van der Waals surface area (Å²) in [6.45, 7) is 0. The van der Waals surface area contributed by atoms with Gasteiger partial charge in [0.2, 0.25) is 11.6 Å². The van der Waals surface area contributed by atoms with E-state index in [1.165, 1.54) is 0 Å². The predicted molar refractivity (Wildman–Crippen MR) is 228 cm³/mol. The molecular weight excluding hydrogens is 703 g/mol. The maximum Gasteiger partial charge on any atom is 0.221 e. The molecule has 13 aromatic rings. The molecule has 0 unspecified atom stereocenters. The summed E-state index contributed by atoms with van der Waals surface area (Å²) >= 11 is 0. The number of rotatable bonds is 4. The Morgan fingerprint density at radius 1 is 0.316 bits per heavy atom. The predicted octanol–water partition coefficient (Wildman–Crippen LogP) is 10.7. The lowest BCUT2D eigenvalue weighted by Crippen LogP contribution is -2.08. The minimum Gasteiger partial charge on any atom is -0.294 e. The van der Waals surface area contributed by atoms with Crippen molar-refractivity contribution in [2.75, 3.05) is 0 Å². The van der Waals surface area contributed by atoms with Crippen LogP contribution in [0.1, 0.15) is 0 Å². The van der Waals surface area contributed by atoms with Crippen molar-refractivity contribution in [3.8, 4) is 28.7 Å². The number of aromatic nitrogens is 9. The molecule has 0 spiro atoms. The summed E-state index contributed by atoms with van der Waals surface area (Å²) in [5, 5.41) is 2.33. The quantitative estimate of drug-likeness (QED) is 0.181. The van der Waals surface area contributed by atoms with Crippen LogP contribution >= 0.6 is 0 Å². The Morgan fingerprint density at radius 2 is 0.737 bits per heavy atom. The third-order valence-electron chi connectivity index (χ3n) is 11.3. The zero-order chi connectivity index (χ0) is 37.2. The van der Waals surface area contributed by atoms with Gasteiger partial charge in [-0.3, -0.25) is 22.5 Å². The molecule has 0 saturated heterocycles. The summed E-state index contributed by atoms with van der Waals surface area (Å²) in [5.41, 5.74) is 12.1. The lowest BCUT2D eigenvalue weighted by molar-refractivity contribution is 0.977. The molecule has 6 heterocycles.